The molecular formula is C11H15NO4. The van der Waals surface area contributed by atoms with Gasteiger partial charge in [-0.05, 0) is 25.5 Å². The number of benzene rings is 1. The predicted molar refractivity (Wildman–Crippen MR) is 59.8 cm³/mol. The predicted octanol–water partition coefficient (Wildman–Crippen LogP) is 1.97. The summed E-state index contributed by atoms with van der Waals surface area (Å²) in [5.74, 6) is 0.505. The Morgan fingerprint density at radius 2 is 2.06 bits per heavy atom. The Bertz CT molecular complexity index is 390. The number of hydrogen-bond donors (Lipinski definition) is 1. The molecule has 16 heavy (non-hydrogen) atoms. The molecule has 0 spiro atoms. The molecule has 0 aliphatic heterocycles. The van der Waals surface area contributed by atoms with E-state index in [0.29, 0.717) is 24.3 Å². The fourth-order valence-corrected chi connectivity index (χ4v) is 1.42. The van der Waals surface area contributed by atoms with Crippen molar-refractivity contribution in [2.24, 2.45) is 0 Å². The Morgan fingerprint density at radius 3 is 2.62 bits per heavy atom. The van der Waals surface area contributed by atoms with Gasteiger partial charge in [0.1, 0.15) is 5.75 Å². The van der Waals surface area contributed by atoms with Crippen LogP contribution in [0, 0.1) is 24.0 Å². The summed E-state index contributed by atoms with van der Waals surface area (Å²) in [6.45, 7) is 3.94. The highest BCUT2D eigenvalue weighted by atomic mass is 16.6. The zero-order valence-corrected chi connectivity index (χ0v) is 9.40. The van der Waals surface area contributed by atoms with E-state index in [9.17, 15) is 10.1 Å². The Hall–Kier alpha value is -1.62. The highest BCUT2D eigenvalue weighted by Crippen LogP contribution is 2.27. The monoisotopic (exact) mass is 225 g/mol. The van der Waals surface area contributed by atoms with Crippen molar-refractivity contribution in [2.45, 2.75) is 20.3 Å². The van der Waals surface area contributed by atoms with Crippen LogP contribution < -0.4 is 4.74 Å². The number of ether oxygens (including phenoxy) is 1. The normalized spacial score (nSPS) is 10.2. The van der Waals surface area contributed by atoms with Crippen LogP contribution in [0.3, 0.4) is 0 Å². The number of aliphatic hydroxyl groups excluding tert-OH is 1. The number of hydrogen-bond acceptors (Lipinski definition) is 4. The molecule has 0 fully saturated rings. The van der Waals surface area contributed by atoms with Gasteiger partial charge in [-0.2, -0.15) is 0 Å². The van der Waals surface area contributed by atoms with E-state index in [0.717, 1.165) is 5.56 Å². The average Bonchev–Trinajstić information content (AvgIpc) is 2.21. The van der Waals surface area contributed by atoms with E-state index >= 15 is 0 Å². The summed E-state index contributed by atoms with van der Waals surface area (Å²) in [6.07, 6.45) is 0.515. The number of aliphatic hydroxyl groups is 1. The molecule has 5 heteroatoms. The zero-order chi connectivity index (χ0) is 12.1. The Balaban J connectivity index is 2.91. The van der Waals surface area contributed by atoms with Crippen molar-refractivity contribution < 1.29 is 14.8 Å². The van der Waals surface area contributed by atoms with Gasteiger partial charge >= 0.3 is 0 Å². The first-order chi connectivity index (χ1) is 7.56. The molecule has 0 bridgehead atoms. The molecule has 0 aromatic heterocycles. The third-order valence-electron chi connectivity index (χ3n) is 2.25. The highest BCUT2D eigenvalue weighted by Gasteiger charge is 2.14. The Kier molecular flexibility index (Phi) is 4.25. The average molecular weight is 225 g/mol. The lowest BCUT2D eigenvalue weighted by atomic mass is 10.1. The molecule has 0 aliphatic rings. The molecule has 0 amide bonds. The van der Waals surface area contributed by atoms with Crippen LogP contribution in [0.2, 0.25) is 0 Å². The van der Waals surface area contributed by atoms with Gasteiger partial charge in [-0.1, -0.05) is 0 Å². The maximum absolute atomic E-state index is 10.7. The molecule has 0 unspecified atom stereocenters. The van der Waals surface area contributed by atoms with Gasteiger partial charge in [0.25, 0.3) is 5.69 Å². The largest absolute Gasteiger partial charge is 0.493 e. The lowest BCUT2D eigenvalue weighted by molar-refractivity contribution is -0.385. The number of rotatable bonds is 5. The maximum atomic E-state index is 10.7. The lowest BCUT2D eigenvalue weighted by Gasteiger charge is -2.09. The topological polar surface area (TPSA) is 72.6 Å². The van der Waals surface area contributed by atoms with Gasteiger partial charge in [-0.25, -0.2) is 0 Å². The SMILES string of the molecule is Cc1cc(C)c([N+](=O)[O-])cc1OCCCO. The molecule has 1 N–H and O–H groups in total. The highest BCUT2D eigenvalue weighted by molar-refractivity contribution is 5.49. The summed E-state index contributed by atoms with van der Waals surface area (Å²) in [7, 11) is 0. The van der Waals surface area contributed by atoms with Crippen LogP contribution in [0.15, 0.2) is 12.1 Å². The van der Waals surface area contributed by atoms with Gasteiger partial charge in [0.15, 0.2) is 0 Å². The van der Waals surface area contributed by atoms with Crippen molar-refractivity contribution in [3.8, 4) is 5.75 Å². The van der Waals surface area contributed by atoms with E-state index in [-0.39, 0.29) is 12.3 Å². The van der Waals surface area contributed by atoms with E-state index in [1.807, 2.05) is 6.92 Å². The van der Waals surface area contributed by atoms with Gasteiger partial charge in [0.2, 0.25) is 0 Å². The van der Waals surface area contributed by atoms with Gasteiger partial charge < -0.3 is 9.84 Å². The van der Waals surface area contributed by atoms with Crippen LogP contribution in [-0.4, -0.2) is 23.2 Å². The van der Waals surface area contributed by atoms with Crippen LogP contribution in [0.5, 0.6) is 5.75 Å². The van der Waals surface area contributed by atoms with E-state index in [4.69, 9.17) is 9.84 Å². The second-order valence-electron chi connectivity index (χ2n) is 3.59. The van der Waals surface area contributed by atoms with E-state index in [1.165, 1.54) is 6.07 Å². The van der Waals surface area contributed by atoms with Crippen molar-refractivity contribution in [3.63, 3.8) is 0 Å². The third-order valence-corrected chi connectivity index (χ3v) is 2.25. The van der Waals surface area contributed by atoms with Crippen LogP contribution in [0.25, 0.3) is 0 Å². The number of aryl methyl sites for hydroxylation is 2. The number of nitrogens with zero attached hydrogens (tertiary/aromatic N) is 1. The van der Waals surface area contributed by atoms with Gasteiger partial charge in [0, 0.05) is 18.6 Å². The molecule has 0 aliphatic carbocycles. The molecule has 0 saturated heterocycles. The molecule has 1 rings (SSSR count). The van der Waals surface area contributed by atoms with Crippen molar-refractivity contribution in [1.29, 1.82) is 0 Å². The molecule has 0 radical (unpaired) electrons. The van der Waals surface area contributed by atoms with Crippen LogP contribution in [0.4, 0.5) is 5.69 Å². The van der Waals surface area contributed by atoms with Gasteiger partial charge in [-0.3, -0.25) is 10.1 Å². The number of nitro groups is 1. The van der Waals surface area contributed by atoms with Gasteiger partial charge in [0.05, 0.1) is 17.6 Å². The first kappa shape index (κ1) is 12.4. The summed E-state index contributed by atoms with van der Waals surface area (Å²) in [5, 5.41) is 19.3. The Labute approximate surface area is 93.8 Å². The molecule has 1 aromatic carbocycles. The minimum absolute atomic E-state index is 0.0486. The summed E-state index contributed by atoms with van der Waals surface area (Å²) >= 11 is 0. The van der Waals surface area contributed by atoms with Crippen LogP contribution >= 0.6 is 0 Å². The fraction of sp³-hybridized carbons (Fsp3) is 0.455. The smallest absolute Gasteiger partial charge is 0.276 e. The second-order valence-corrected chi connectivity index (χ2v) is 3.59. The minimum Gasteiger partial charge on any atom is -0.493 e. The molecule has 1 aromatic rings. The molecular weight excluding hydrogens is 210 g/mol. The van der Waals surface area contributed by atoms with Crippen molar-refractivity contribution >= 4 is 5.69 Å². The molecule has 5 nitrogen and oxygen atoms in total. The summed E-state index contributed by atoms with van der Waals surface area (Å²) in [5.41, 5.74) is 1.54. The summed E-state index contributed by atoms with van der Waals surface area (Å²) < 4.78 is 5.36. The first-order valence-electron chi connectivity index (χ1n) is 5.05. The maximum Gasteiger partial charge on any atom is 0.276 e. The lowest BCUT2D eigenvalue weighted by Crippen LogP contribution is -2.02. The Morgan fingerprint density at radius 1 is 1.38 bits per heavy atom. The zero-order valence-electron chi connectivity index (χ0n) is 9.40. The minimum atomic E-state index is -0.423. The van der Waals surface area contributed by atoms with Crippen molar-refractivity contribution in [3.05, 3.63) is 33.4 Å². The van der Waals surface area contributed by atoms with E-state index < -0.39 is 4.92 Å². The number of nitro benzene ring substituents is 1. The summed E-state index contributed by atoms with van der Waals surface area (Å²) in [6, 6.07) is 3.16. The first-order valence-corrected chi connectivity index (χ1v) is 5.05. The van der Waals surface area contributed by atoms with E-state index in [2.05, 4.69) is 0 Å². The van der Waals surface area contributed by atoms with Crippen molar-refractivity contribution in [2.75, 3.05) is 13.2 Å². The molecule has 0 atom stereocenters. The van der Waals surface area contributed by atoms with Gasteiger partial charge in [-0.15, -0.1) is 0 Å². The standard InChI is InChI=1S/C11H15NO4/c1-8-6-9(2)11(16-5-3-4-13)7-10(8)12(14)15/h6-7,13H,3-5H2,1-2H3. The van der Waals surface area contributed by atoms with Crippen LogP contribution in [0.1, 0.15) is 17.5 Å². The second kappa shape index (κ2) is 5.46. The molecule has 0 saturated carbocycles. The summed E-state index contributed by atoms with van der Waals surface area (Å²) in [4.78, 5) is 10.3. The van der Waals surface area contributed by atoms with Crippen molar-refractivity contribution in [1.82, 2.24) is 0 Å². The third kappa shape index (κ3) is 2.93. The quantitative estimate of drug-likeness (QED) is 0.472. The molecule has 88 valence electrons. The van der Waals surface area contributed by atoms with E-state index in [1.54, 1.807) is 13.0 Å². The molecule has 0 heterocycles. The fourth-order valence-electron chi connectivity index (χ4n) is 1.42. The van der Waals surface area contributed by atoms with Crippen LogP contribution in [-0.2, 0) is 0 Å².